The highest BCUT2D eigenvalue weighted by Crippen LogP contribution is 2.23. The van der Waals surface area contributed by atoms with E-state index in [0.29, 0.717) is 0 Å². The number of alkyl halides is 3. The van der Waals surface area contributed by atoms with Gasteiger partial charge in [-0.05, 0) is 12.1 Å². The van der Waals surface area contributed by atoms with Gasteiger partial charge in [-0.15, -0.1) is 0 Å². The zero-order valence-corrected chi connectivity index (χ0v) is 7.95. The molecule has 0 fully saturated rings. The number of nitrogens with zero attached hydrogens (tertiary/aromatic N) is 1. The van der Waals surface area contributed by atoms with E-state index in [1.807, 2.05) is 0 Å². The molecular weight excluding hydrogens is 245 g/mol. The van der Waals surface area contributed by atoms with Gasteiger partial charge < -0.3 is 10.2 Å². The lowest BCUT2D eigenvalue weighted by molar-refractivity contribution is -0.167. The van der Waals surface area contributed by atoms with Gasteiger partial charge in [0.25, 0.3) is 0 Å². The van der Waals surface area contributed by atoms with Crippen LogP contribution < -0.4 is 5.32 Å². The molecule has 0 saturated heterocycles. The van der Waals surface area contributed by atoms with Crippen molar-refractivity contribution in [3.8, 4) is 5.75 Å². The van der Waals surface area contributed by atoms with Crippen molar-refractivity contribution >= 4 is 17.7 Å². The van der Waals surface area contributed by atoms with Crippen molar-refractivity contribution in [2.45, 2.75) is 6.18 Å². The maximum absolute atomic E-state index is 11.9. The number of carboxylic acids is 1. The Hall–Kier alpha value is -2.32. The summed E-state index contributed by atoms with van der Waals surface area (Å²) in [5, 5.41) is 18.9. The topological polar surface area (TPSA) is 99.5 Å². The predicted octanol–water partition coefficient (Wildman–Crippen LogP) is 0.986. The van der Waals surface area contributed by atoms with E-state index in [4.69, 9.17) is 10.2 Å². The summed E-state index contributed by atoms with van der Waals surface area (Å²) in [6.45, 7) is 0. The van der Waals surface area contributed by atoms with E-state index >= 15 is 0 Å². The van der Waals surface area contributed by atoms with Crippen LogP contribution in [0.2, 0.25) is 0 Å². The zero-order chi connectivity index (χ0) is 13.2. The molecule has 0 spiro atoms. The van der Waals surface area contributed by atoms with Crippen LogP contribution in [0.4, 0.5) is 19.0 Å². The lowest BCUT2D eigenvalue weighted by Crippen LogP contribution is -2.30. The molecule has 0 aliphatic rings. The lowest BCUT2D eigenvalue weighted by Gasteiger charge is -2.08. The molecule has 6 nitrogen and oxygen atoms in total. The number of hydrogen-bond donors (Lipinski definition) is 3. The summed E-state index contributed by atoms with van der Waals surface area (Å²) in [6.07, 6.45) is -5.16. The molecule has 9 heteroatoms. The number of hydrogen-bond acceptors (Lipinski definition) is 4. The first-order valence-corrected chi connectivity index (χ1v) is 4.03. The quantitative estimate of drug-likeness (QED) is 0.726. The number of anilines is 1. The highest BCUT2D eigenvalue weighted by atomic mass is 19.4. The number of halogens is 3. The van der Waals surface area contributed by atoms with Gasteiger partial charge in [-0.1, -0.05) is 0 Å². The number of aromatic carboxylic acids is 1. The molecule has 0 atom stereocenters. The van der Waals surface area contributed by atoms with Crippen molar-refractivity contribution in [1.82, 2.24) is 4.98 Å². The third-order valence-corrected chi connectivity index (χ3v) is 1.58. The molecule has 0 aromatic carbocycles. The Morgan fingerprint density at radius 3 is 2.35 bits per heavy atom. The fourth-order valence-corrected chi connectivity index (χ4v) is 0.841. The summed E-state index contributed by atoms with van der Waals surface area (Å²) in [4.78, 5) is 24.1. The highest BCUT2D eigenvalue weighted by Gasteiger charge is 2.39. The van der Waals surface area contributed by atoms with Crippen LogP contribution in [0.1, 0.15) is 10.5 Å². The number of carbonyl (C=O) groups excluding carboxylic acids is 1. The van der Waals surface area contributed by atoms with Crippen molar-refractivity contribution in [2.24, 2.45) is 0 Å². The van der Waals surface area contributed by atoms with E-state index in [1.165, 1.54) is 5.32 Å². The second-order valence-electron chi connectivity index (χ2n) is 2.82. The molecule has 0 aliphatic heterocycles. The molecule has 0 radical (unpaired) electrons. The minimum absolute atomic E-state index is 0.611. The average molecular weight is 250 g/mol. The molecule has 0 aliphatic carbocycles. The Kier molecular flexibility index (Phi) is 3.21. The van der Waals surface area contributed by atoms with Crippen LogP contribution in [-0.2, 0) is 4.79 Å². The average Bonchev–Trinajstić information content (AvgIpc) is 2.19. The van der Waals surface area contributed by atoms with E-state index in [9.17, 15) is 22.8 Å². The number of pyridine rings is 1. The Morgan fingerprint density at radius 1 is 1.29 bits per heavy atom. The number of aromatic nitrogens is 1. The molecule has 0 unspecified atom stereocenters. The van der Waals surface area contributed by atoms with E-state index < -0.39 is 35.3 Å². The molecule has 92 valence electrons. The Labute approximate surface area is 91.7 Å². The largest absolute Gasteiger partial charge is 0.504 e. The van der Waals surface area contributed by atoms with Crippen LogP contribution in [-0.4, -0.2) is 33.2 Å². The van der Waals surface area contributed by atoms with Crippen molar-refractivity contribution in [2.75, 3.05) is 5.32 Å². The van der Waals surface area contributed by atoms with Crippen molar-refractivity contribution in [3.63, 3.8) is 0 Å². The van der Waals surface area contributed by atoms with Gasteiger partial charge in [-0.3, -0.25) is 10.1 Å². The zero-order valence-electron chi connectivity index (χ0n) is 7.95. The molecular formula is C8H5F3N2O4. The fraction of sp³-hybridized carbons (Fsp3) is 0.125. The molecule has 0 saturated carbocycles. The Bertz CT molecular complexity index is 472. The van der Waals surface area contributed by atoms with Gasteiger partial charge in [0.2, 0.25) is 0 Å². The third kappa shape index (κ3) is 3.06. The second kappa shape index (κ2) is 4.28. The van der Waals surface area contributed by atoms with Gasteiger partial charge in [0.15, 0.2) is 17.3 Å². The third-order valence-electron chi connectivity index (χ3n) is 1.58. The van der Waals surface area contributed by atoms with Crippen molar-refractivity contribution in [1.29, 1.82) is 0 Å². The predicted molar refractivity (Wildman–Crippen MR) is 47.5 cm³/mol. The molecule has 1 amide bonds. The minimum atomic E-state index is -5.16. The Balaban J connectivity index is 3.02. The number of amides is 1. The molecule has 0 bridgehead atoms. The summed E-state index contributed by atoms with van der Waals surface area (Å²) < 4.78 is 35.7. The standard InChI is InChI=1S/C8H5F3N2O4/c9-8(10,11)7(17)13-5-4(14)2-1-3(12-5)6(15)16/h1-2,14H,(H,15,16)(H,12,13,17). The van der Waals surface area contributed by atoms with Crippen LogP contribution in [0, 0.1) is 0 Å². The SMILES string of the molecule is O=C(O)c1ccc(O)c(NC(=O)C(F)(F)F)n1. The molecule has 1 aromatic rings. The molecule has 1 heterocycles. The summed E-state index contributed by atoms with van der Waals surface area (Å²) in [7, 11) is 0. The highest BCUT2D eigenvalue weighted by molar-refractivity contribution is 5.96. The van der Waals surface area contributed by atoms with Crippen LogP contribution in [0.15, 0.2) is 12.1 Å². The monoisotopic (exact) mass is 250 g/mol. The minimum Gasteiger partial charge on any atom is -0.504 e. The van der Waals surface area contributed by atoms with Crippen molar-refractivity contribution < 1.29 is 33.0 Å². The smallest absolute Gasteiger partial charge is 0.471 e. The number of nitrogens with one attached hydrogen (secondary N) is 1. The molecule has 3 N–H and O–H groups in total. The van der Waals surface area contributed by atoms with Gasteiger partial charge in [0, 0.05) is 0 Å². The number of carbonyl (C=O) groups is 2. The first-order valence-electron chi connectivity index (χ1n) is 4.03. The first-order chi connectivity index (χ1) is 7.71. The molecule has 1 rings (SSSR count). The van der Waals surface area contributed by atoms with Gasteiger partial charge in [0.05, 0.1) is 0 Å². The molecule has 17 heavy (non-hydrogen) atoms. The lowest BCUT2D eigenvalue weighted by atomic mass is 10.3. The van der Waals surface area contributed by atoms with Gasteiger partial charge >= 0.3 is 18.1 Å². The van der Waals surface area contributed by atoms with Crippen LogP contribution in [0.25, 0.3) is 0 Å². The van der Waals surface area contributed by atoms with Gasteiger partial charge in [-0.25, -0.2) is 9.78 Å². The van der Waals surface area contributed by atoms with Crippen LogP contribution in [0.3, 0.4) is 0 Å². The van der Waals surface area contributed by atoms with Crippen molar-refractivity contribution in [3.05, 3.63) is 17.8 Å². The summed E-state index contributed by atoms with van der Waals surface area (Å²) in [5.74, 6) is -5.50. The Morgan fingerprint density at radius 2 is 1.88 bits per heavy atom. The van der Waals surface area contributed by atoms with Gasteiger partial charge in [-0.2, -0.15) is 13.2 Å². The summed E-state index contributed by atoms with van der Waals surface area (Å²) in [5.41, 5.74) is -0.611. The fourth-order valence-electron chi connectivity index (χ4n) is 0.841. The normalized spacial score (nSPS) is 11.0. The van der Waals surface area contributed by atoms with E-state index in [2.05, 4.69) is 4.98 Å². The summed E-state index contributed by atoms with van der Waals surface area (Å²) >= 11 is 0. The maximum atomic E-state index is 11.9. The van der Waals surface area contributed by atoms with E-state index in [0.717, 1.165) is 12.1 Å². The first kappa shape index (κ1) is 12.7. The van der Waals surface area contributed by atoms with E-state index in [-0.39, 0.29) is 0 Å². The number of carboxylic acid groups (broad SMARTS) is 1. The van der Waals surface area contributed by atoms with Gasteiger partial charge in [0.1, 0.15) is 0 Å². The number of rotatable bonds is 2. The second-order valence-corrected chi connectivity index (χ2v) is 2.82. The summed E-state index contributed by atoms with van der Waals surface area (Å²) in [6, 6.07) is 1.68. The van der Waals surface area contributed by atoms with Crippen LogP contribution in [0.5, 0.6) is 5.75 Å². The maximum Gasteiger partial charge on any atom is 0.471 e. The van der Waals surface area contributed by atoms with Crippen LogP contribution >= 0.6 is 0 Å². The number of aromatic hydroxyl groups is 1. The van der Waals surface area contributed by atoms with E-state index in [1.54, 1.807) is 0 Å². The molecule has 1 aromatic heterocycles.